The molecule has 1 heterocycles. The fourth-order valence-electron chi connectivity index (χ4n) is 4.01. The number of aryl methyl sites for hydroxylation is 1. The fraction of sp³-hybridized carbons (Fsp3) is 0.609. The van der Waals surface area contributed by atoms with E-state index < -0.39 is 0 Å². The maximum Gasteiger partial charge on any atom is 0.297 e. The van der Waals surface area contributed by atoms with Crippen LogP contribution in [0.5, 0.6) is 11.8 Å². The van der Waals surface area contributed by atoms with Crippen molar-refractivity contribution in [1.29, 1.82) is 5.26 Å². The zero-order valence-electron chi connectivity index (χ0n) is 18.4. The van der Waals surface area contributed by atoms with Gasteiger partial charge in [-0.15, -0.1) is 0 Å². The van der Waals surface area contributed by atoms with Crippen LogP contribution in [0, 0.1) is 11.3 Å². The van der Waals surface area contributed by atoms with Crippen LogP contribution in [0.15, 0.2) is 12.1 Å². The Morgan fingerprint density at radius 2 is 1.84 bits per heavy atom. The third-order valence-corrected chi connectivity index (χ3v) is 5.79. The Kier molecular flexibility index (Phi) is 6.33. The Bertz CT molecular complexity index is 984. The number of hydrogen-bond donors (Lipinski definition) is 1. The topological polar surface area (TPSA) is 98.4 Å². The number of imidazole rings is 1. The van der Waals surface area contributed by atoms with E-state index in [1.54, 1.807) is 6.07 Å². The predicted octanol–water partition coefficient (Wildman–Crippen LogP) is 3.22. The number of nitrogens with zero attached hydrogens (tertiary/aromatic N) is 3. The van der Waals surface area contributed by atoms with Crippen LogP contribution >= 0.6 is 0 Å². The first-order valence-electron chi connectivity index (χ1n) is 11.1. The molecule has 8 nitrogen and oxygen atoms in total. The average molecular weight is 427 g/mol. The molecule has 2 fully saturated rings. The maximum atomic E-state index is 11.1. The van der Waals surface area contributed by atoms with Gasteiger partial charge in [-0.2, -0.15) is 10.2 Å². The molecule has 8 heteroatoms. The van der Waals surface area contributed by atoms with Gasteiger partial charge in [-0.25, -0.2) is 0 Å². The van der Waals surface area contributed by atoms with E-state index in [-0.39, 0.29) is 30.3 Å². The molecule has 2 saturated carbocycles. The van der Waals surface area contributed by atoms with Gasteiger partial charge < -0.3 is 19.5 Å². The molecule has 166 valence electrons. The molecule has 1 amide bonds. The second kappa shape index (κ2) is 9.15. The molecule has 0 saturated heterocycles. The zero-order chi connectivity index (χ0) is 22.0. The van der Waals surface area contributed by atoms with Crippen LogP contribution in [-0.2, 0) is 16.6 Å². The zero-order valence-corrected chi connectivity index (χ0v) is 18.4. The number of fused-ring (bicyclic) bond motifs is 1. The molecule has 1 aromatic carbocycles. The van der Waals surface area contributed by atoms with Crippen molar-refractivity contribution in [3.63, 3.8) is 0 Å². The number of carbonyl (C=O) groups is 1. The molecule has 2 aromatic rings. The molecule has 0 bridgehead atoms. The summed E-state index contributed by atoms with van der Waals surface area (Å²) in [7, 11) is 1.91. The van der Waals surface area contributed by atoms with Gasteiger partial charge in [-0.1, -0.05) is 0 Å². The van der Waals surface area contributed by atoms with E-state index in [1.807, 2.05) is 24.6 Å². The molecule has 0 radical (unpaired) electrons. The van der Waals surface area contributed by atoms with Crippen LogP contribution in [0.4, 0.5) is 0 Å². The summed E-state index contributed by atoms with van der Waals surface area (Å²) in [4.78, 5) is 15.7. The highest BCUT2D eigenvalue weighted by Gasteiger charge is 2.27. The van der Waals surface area contributed by atoms with Crippen molar-refractivity contribution in [3.8, 4) is 17.8 Å². The van der Waals surface area contributed by atoms with E-state index in [0.717, 1.165) is 44.0 Å². The van der Waals surface area contributed by atoms with Crippen molar-refractivity contribution in [1.82, 2.24) is 14.9 Å². The number of ether oxygens (including phenoxy) is 3. The molecule has 0 unspecified atom stereocenters. The number of hydrogen-bond acceptors (Lipinski definition) is 6. The number of aromatic nitrogens is 2. The Labute approximate surface area is 182 Å². The summed E-state index contributed by atoms with van der Waals surface area (Å²) >= 11 is 0. The lowest BCUT2D eigenvalue weighted by Crippen LogP contribution is -2.37. The molecule has 31 heavy (non-hydrogen) atoms. The van der Waals surface area contributed by atoms with Crippen LogP contribution in [-0.4, -0.2) is 46.4 Å². The monoisotopic (exact) mass is 426 g/mol. The Hall–Kier alpha value is -2.79. The van der Waals surface area contributed by atoms with E-state index in [4.69, 9.17) is 14.2 Å². The lowest BCUT2D eigenvalue weighted by molar-refractivity contribution is -0.120. The SMILES string of the molecule is CC(=O)N[C@@H](C)COC1CCC(Oc2nc3c(C#N)cc(OC4CC4)cc3n2C)CC1. The van der Waals surface area contributed by atoms with Gasteiger partial charge in [-0.05, 0) is 45.4 Å². The number of carbonyl (C=O) groups excluding carboxylic acids is 1. The number of nitrogens with one attached hydrogen (secondary N) is 1. The highest BCUT2D eigenvalue weighted by molar-refractivity contribution is 5.84. The van der Waals surface area contributed by atoms with E-state index in [1.165, 1.54) is 6.92 Å². The van der Waals surface area contributed by atoms with Crippen LogP contribution < -0.4 is 14.8 Å². The van der Waals surface area contributed by atoms with Gasteiger partial charge in [-0.3, -0.25) is 9.36 Å². The third-order valence-electron chi connectivity index (χ3n) is 5.79. The summed E-state index contributed by atoms with van der Waals surface area (Å²) in [6, 6.07) is 6.48. The first kappa shape index (κ1) is 21.4. The minimum Gasteiger partial charge on any atom is -0.490 e. The number of benzene rings is 1. The Balaban J connectivity index is 1.36. The van der Waals surface area contributed by atoms with Gasteiger partial charge in [0.2, 0.25) is 5.91 Å². The summed E-state index contributed by atoms with van der Waals surface area (Å²) < 4.78 is 20.0. The minimum atomic E-state index is -0.0403. The van der Waals surface area contributed by atoms with E-state index >= 15 is 0 Å². The van der Waals surface area contributed by atoms with Gasteiger partial charge in [0.15, 0.2) is 0 Å². The molecule has 0 aliphatic heterocycles. The van der Waals surface area contributed by atoms with Crippen molar-refractivity contribution in [3.05, 3.63) is 17.7 Å². The lowest BCUT2D eigenvalue weighted by Gasteiger charge is -2.29. The van der Waals surface area contributed by atoms with Gasteiger partial charge in [0, 0.05) is 32.1 Å². The second-order valence-corrected chi connectivity index (χ2v) is 8.67. The number of nitriles is 1. The van der Waals surface area contributed by atoms with E-state index in [0.29, 0.717) is 29.4 Å². The predicted molar refractivity (Wildman–Crippen MR) is 115 cm³/mol. The quantitative estimate of drug-likeness (QED) is 0.696. The minimum absolute atomic E-state index is 0.00888. The summed E-state index contributed by atoms with van der Waals surface area (Å²) in [5, 5.41) is 12.4. The standard InChI is InChI=1S/C23H30N4O4/c1-14(25-15(2)28)13-29-17-4-6-19(7-5-17)31-23-26-22-16(12-24)10-20(30-18-8-9-18)11-21(22)27(23)3/h10-11,14,17-19H,4-9,13H2,1-3H3,(H,25,28)/t14-,17?,19?/m0/s1. The van der Waals surface area contributed by atoms with Crippen molar-refractivity contribution >= 4 is 16.9 Å². The average Bonchev–Trinajstić information content (AvgIpc) is 3.50. The summed E-state index contributed by atoms with van der Waals surface area (Å²) in [5.41, 5.74) is 1.99. The third kappa shape index (κ3) is 5.28. The smallest absolute Gasteiger partial charge is 0.297 e. The van der Waals surface area contributed by atoms with E-state index in [9.17, 15) is 10.1 Å². The summed E-state index contributed by atoms with van der Waals surface area (Å²) in [6.07, 6.45) is 6.23. The molecule has 2 aliphatic carbocycles. The fourth-order valence-corrected chi connectivity index (χ4v) is 4.01. The second-order valence-electron chi connectivity index (χ2n) is 8.67. The van der Waals surface area contributed by atoms with Crippen LogP contribution in [0.25, 0.3) is 11.0 Å². The molecular formula is C23H30N4O4. The van der Waals surface area contributed by atoms with E-state index in [2.05, 4.69) is 16.4 Å². The largest absolute Gasteiger partial charge is 0.490 e. The van der Waals surface area contributed by atoms with Crippen molar-refractivity contribution < 1.29 is 19.0 Å². The van der Waals surface area contributed by atoms with Crippen LogP contribution in [0.3, 0.4) is 0 Å². The van der Waals surface area contributed by atoms with Crippen molar-refractivity contribution in [2.24, 2.45) is 7.05 Å². The Morgan fingerprint density at radius 3 is 2.48 bits per heavy atom. The summed E-state index contributed by atoms with van der Waals surface area (Å²) in [5.74, 6) is 0.675. The molecule has 1 aromatic heterocycles. The highest BCUT2D eigenvalue weighted by atomic mass is 16.5. The van der Waals surface area contributed by atoms with Gasteiger partial charge >= 0.3 is 0 Å². The van der Waals surface area contributed by atoms with Gasteiger partial charge in [0.25, 0.3) is 6.01 Å². The van der Waals surface area contributed by atoms with Gasteiger partial charge in [0.05, 0.1) is 29.9 Å². The lowest BCUT2D eigenvalue weighted by atomic mass is 9.95. The highest BCUT2D eigenvalue weighted by Crippen LogP contribution is 2.33. The molecule has 4 rings (SSSR count). The first-order valence-corrected chi connectivity index (χ1v) is 11.1. The molecule has 1 atom stereocenters. The summed E-state index contributed by atoms with van der Waals surface area (Å²) in [6.45, 7) is 3.97. The number of rotatable bonds is 8. The van der Waals surface area contributed by atoms with Crippen LogP contribution in [0.2, 0.25) is 0 Å². The Morgan fingerprint density at radius 1 is 1.19 bits per heavy atom. The van der Waals surface area contributed by atoms with Gasteiger partial charge in [0.1, 0.15) is 23.4 Å². The normalized spacial score (nSPS) is 22.0. The van der Waals surface area contributed by atoms with Crippen LogP contribution in [0.1, 0.15) is 57.9 Å². The molecular weight excluding hydrogens is 396 g/mol. The van der Waals surface area contributed by atoms with Crippen molar-refractivity contribution in [2.45, 2.75) is 76.7 Å². The molecule has 1 N–H and O–H groups in total. The van der Waals surface area contributed by atoms with Crippen molar-refractivity contribution in [2.75, 3.05) is 6.61 Å². The molecule has 2 aliphatic rings. The first-order chi connectivity index (χ1) is 14.9. The molecule has 0 spiro atoms. The number of amides is 1. The maximum absolute atomic E-state index is 11.1.